The minimum Gasteiger partial charge on any atom is -0.311 e. The number of nitrogens with zero attached hydrogens (tertiary/aromatic N) is 4. The van der Waals surface area contributed by atoms with E-state index in [0.717, 1.165) is 102 Å². The zero-order valence-electron chi connectivity index (χ0n) is 69.3. The fraction of sp³-hybridized carbons (Fsp3) is 0.0714. The molecule has 0 spiro atoms. The van der Waals surface area contributed by atoms with Crippen LogP contribution in [0.1, 0.15) is 52.7 Å². The predicted molar refractivity (Wildman–Crippen MR) is 545 cm³/mol. The molecule has 0 fully saturated rings. The van der Waals surface area contributed by atoms with Gasteiger partial charge < -0.3 is 19.6 Å². The molecule has 0 N–H and O–H groups in total. The lowest BCUT2D eigenvalue weighted by Crippen LogP contribution is -2.13. The Bertz CT molecular complexity index is 6270. The summed E-state index contributed by atoms with van der Waals surface area (Å²) in [5, 5.41) is 8.60. The van der Waals surface area contributed by atoms with E-state index in [2.05, 4.69) is 471 Å². The van der Waals surface area contributed by atoms with Gasteiger partial charge in [0.1, 0.15) is 0 Å². The van der Waals surface area contributed by atoms with Crippen LogP contribution < -0.4 is 19.6 Å². The molecule has 12 aromatic carbocycles. The summed E-state index contributed by atoms with van der Waals surface area (Å²) in [6.45, 7) is 13.7. The van der Waals surface area contributed by atoms with Crippen molar-refractivity contribution in [3.05, 3.63) is 421 Å². The first-order valence-electron chi connectivity index (χ1n) is 41.6. The standard InChI is InChI=1S/C112H86N4S8/c1-111(2,3)85-35-59-97(60-36-85)115(89-43-19-77(20-44-89)75-15-39-87(40-16-75)113(93-51-27-81(28-52-93)99-63-67-107(121-99)103-11-7-71-117-103)94-53-29-82(30-54-94)100-64-68-108(122-100)104-12-8-72-118-104)91-47-23-79(24-48-91)80-25-49-92(50-26-80)116(98-61-37-86(38-62-98)112(4,5)6)90-45-21-78(22-46-90)76-17-41-88(42-18-76)114(95-55-31-83(32-56-95)101-65-69-109(123-101)105-13-9-73-119-105)96-57-33-84(34-58-96)102-66-70-110(124-102)106-14-10-74-120-106/h7-74H,1-6H3. The van der Waals surface area contributed by atoms with Gasteiger partial charge in [0.15, 0.2) is 0 Å². The summed E-state index contributed by atoms with van der Waals surface area (Å²) in [5.74, 6) is 0. The van der Waals surface area contributed by atoms with Gasteiger partial charge >= 0.3 is 0 Å². The topological polar surface area (TPSA) is 13.0 Å². The van der Waals surface area contributed by atoms with Crippen LogP contribution in [-0.4, -0.2) is 0 Å². The summed E-state index contributed by atoms with van der Waals surface area (Å²) in [6, 6.07) is 144. The monoisotopic (exact) mass is 1740 g/mol. The van der Waals surface area contributed by atoms with E-state index in [1.165, 1.54) is 91.9 Å². The van der Waals surface area contributed by atoms with Crippen molar-refractivity contribution >= 4 is 159 Å². The smallest absolute Gasteiger partial charge is 0.0462 e. The number of rotatable bonds is 23. The van der Waals surface area contributed by atoms with Gasteiger partial charge in [-0.05, 0) is 318 Å². The first kappa shape index (κ1) is 79.9. The molecule has 0 aliphatic carbocycles. The van der Waals surface area contributed by atoms with E-state index >= 15 is 0 Å². The maximum atomic E-state index is 2.38. The van der Waals surface area contributed by atoms with Crippen molar-refractivity contribution in [3.8, 4) is 114 Å². The molecule has 0 unspecified atom stereocenters. The fourth-order valence-electron chi connectivity index (χ4n) is 16.1. The summed E-state index contributed by atoms with van der Waals surface area (Å²) in [7, 11) is 0. The highest BCUT2D eigenvalue weighted by Crippen LogP contribution is 2.48. The van der Waals surface area contributed by atoms with Crippen molar-refractivity contribution in [2.24, 2.45) is 0 Å². The Hall–Kier alpha value is -12.6. The minimum atomic E-state index is 0.00749. The van der Waals surface area contributed by atoms with Crippen LogP contribution in [0.3, 0.4) is 0 Å². The van der Waals surface area contributed by atoms with E-state index in [1.807, 2.05) is 45.3 Å². The molecule has 8 aromatic heterocycles. The number of anilines is 12. The summed E-state index contributed by atoms with van der Waals surface area (Å²) < 4.78 is 0. The molecule has 0 amide bonds. The van der Waals surface area contributed by atoms with Crippen LogP contribution >= 0.6 is 90.7 Å². The molecule has 124 heavy (non-hydrogen) atoms. The molecule has 0 bridgehead atoms. The Labute approximate surface area is 759 Å². The SMILES string of the molecule is CC(C)(C)c1ccc(N(c2ccc(-c3ccc(N(c4ccc(-c5ccc(-c6cccs6)s5)cc4)c4ccc(-c5ccc(-c6cccs6)s5)cc4)cc3)cc2)c2ccc(-c3ccc(N(c4ccc(-c5ccc(N(c6ccc(-c7ccc(-c8cccs8)s7)cc6)c6ccc(-c7ccc(-c8cccs8)s7)cc6)cc5)cc4)c4ccc(C(C)(C)C)cc4)cc3)cc2)cc1. The van der Waals surface area contributed by atoms with Gasteiger partial charge in [0.25, 0.3) is 0 Å². The lowest BCUT2D eigenvalue weighted by Gasteiger charge is -2.28. The molecule has 0 saturated carbocycles. The summed E-state index contributed by atoms with van der Waals surface area (Å²) in [6.07, 6.45) is 0. The van der Waals surface area contributed by atoms with Gasteiger partial charge in [-0.2, -0.15) is 0 Å². The first-order valence-corrected chi connectivity index (χ1v) is 48.4. The molecular weight excluding hydrogens is 1660 g/mol. The average Bonchev–Trinajstić information content (AvgIpc) is 1.11. The van der Waals surface area contributed by atoms with E-state index < -0.39 is 0 Å². The number of benzene rings is 12. The van der Waals surface area contributed by atoms with E-state index in [1.54, 1.807) is 45.3 Å². The van der Waals surface area contributed by atoms with Crippen molar-refractivity contribution in [2.75, 3.05) is 19.6 Å². The van der Waals surface area contributed by atoms with Crippen LogP contribution in [0.15, 0.2) is 410 Å². The van der Waals surface area contributed by atoms with Crippen molar-refractivity contribution < 1.29 is 0 Å². The molecule has 0 radical (unpaired) electrons. The van der Waals surface area contributed by atoms with E-state index in [-0.39, 0.29) is 10.8 Å². The van der Waals surface area contributed by atoms with Crippen molar-refractivity contribution in [2.45, 2.75) is 52.4 Å². The van der Waals surface area contributed by atoms with E-state index in [9.17, 15) is 0 Å². The lowest BCUT2D eigenvalue weighted by molar-refractivity contribution is 0.590. The highest BCUT2D eigenvalue weighted by atomic mass is 32.1. The number of hydrogen-bond donors (Lipinski definition) is 0. The van der Waals surface area contributed by atoms with Crippen LogP contribution in [0.5, 0.6) is 0 Å². The zero-order valence-corrected chi connectivity index (χ0v) is 75.8. The van der Waals surface area contributed by atoms with Gasteiger partial charge in [-0.25, -0.2) is 0 Å². The molecule has 4 nitrogen and oxygen atoms in total. The normalized spacial score (nSPS) is 11.6. The molecule has 0 aliphatic heterocycles. The van der Waals surface area contributed by atoms with Gasteiger partial charge in [0.2, 0.25) is 0 Å². The number of hydrogen-bond acceptors (Lipinski definition) is 12. The molecule has 602 valence electrons. The second-order valence-corrected chi connectivity index (χ2v) is 41.1. The lowest BCUT2D eigenvalue weighted by atomic mass is 9.87. The van der Waals surface area contributed by atoms with Gasteiger partial charge in [0.05, 0.1) is 0 Å². The Morgan fingerprint density at radius 3 is 0.435 bits per heavy atom. The third kappa shape index (κ3) is 17.0. The quantitative estimate of drug-likeness (QED) is 0.0633. The average molecular weight is 1740 g/mol. The molecule has 0 aliphatic rings. The summed E-state index contributed by atoms with van der Waals surface area (Å²) in [4.78, 5) is 24.9. The van der Waals surface area contributed by atoms with Crippen molar-refractivity contribution in [1.82, 2.24) is 0 Å². The first-order chi connectivity index (χ1) is 60.6. The molecule has 12 heteroatoms. The fourth-order valence-corrected chi connectivity index (χ4v) is 23.5. The summed E-state index contributed by atoms with van der Waals surface area (Å²) in [5.41, 5.74) is 27.3. The highest BCUT2D eigenvalue weighted by molar-refractivity contribution is 7.25. The molecule has 0 atom stereocenters. The zero-order chi connectivity index (χ0) is 83.8. The van der Waals surface area contributed by atoms with Gasteiger partial charge in [-0.3, -0.25) is 0 Å². The van der Waals surface area contributed by atoms with Crippen LogP contribution in [0.2, 0.25) is 0 Å². The Balaban J connectivity index is 0.562. The molecular formula is C112H86N4S8. The van der Waals surface area contributed by atoms with E-state index in [4.69, 9.17) is 0 Å². The molecule has 8 heterocycles. The van der Waals surface area contributed by atoms with Gasteiger partial charge in [-0.1, -0.05) is 211 Å². The second-order valence-electron chi connectivity index (χ2n) is 33.0. The van der Waals surface area contributed by atoms with Crippen LogP contribution in [0.4, 0.5) is 68.2 Å². The van der Waals surface area contributed by atoms with Crippen LogP contribution in [0.25, 0.3) is 114 Å². The summed E-state index contributed by atoms with van der Waals surface area (Å²) >= 11 is 14.5. The third-order valence-corrected chi connectivity index (χ3v) is 31.7. The Kier molecular flexibility index (Phi) is 22.3. The van der Waals surface area contributed by atoms with Crippen LogP contribution in [0, 0.1) is 0 Å². The minimum absolute atomic E-state index is 0.00749. The van der Waals surface area contributed by atoms with Gasteiger partial charge in [-0.15, -0.1) is 90.7 Å². The number of thiophene rings is 8. The maximum absolute atomic E-state index is 2.38. The third-order valence-electron chi connectivity index (χ3n) is 22.9. The largest absolute Gasteiger partial charge is 0.311 e. The Morgan fingerprint density at radius 2 is 0.290 bits per heavy atom. The molecule has 0 saturated heterocycles. The molecule has 20 rings (SSSR count). The van der Waals surface area contributed by atoms with Crippen molar-refractivity contribution in [3.63, 3.8) is 0 Å². The maximum Gasteiger partial charge on any atom is 0.0462 e. The predicted octanol–water partition coefficient (Wildman–Crippen LogP) is 37.0. The molecule has 20 aromatic rings. The van der Waals surface area contributed by atoms with Crippen molar-refractivity contribution in [1.29, 1.82) is 0 Å². The Morgan fingerprint density at radius 1 is 0.145 bits per heavy atom. The second kappa shape index (κ2) is 34.6. The van der Waals surface area contributed by atoms with Gasteiger partial charge in [0, 0.05) is 127 Å². The van der Waals surface area contributed by atoms with E-state index in [0.29, 0.717) is 0 Å². The highest BCUT2D eigenvalue weighted by Gasteiger charge is 2.24. The van der Waals surface area contributed by atoms with Crippen LogP contribution in [-0.2, 0) is 10.8 Å².